The molecular weight excluding hydrogens is 236 g/mol. The van der Waals surface area contributed by atoms with E-state index in [9.17, 15) is 4.79 Å². The van der Waals surface area contributed by atoms with Crippen LogP contribution in [0.3, 0.4) is 0 Å². The van der Waals surface area contributed by atoms with Crippen LogP contribution in [0.15, 0.2) is 54.1 Å². The molecule has 0 saturated heterocycles. The number of allylic oxidation sites excluding steroid dienone is 3. The summed E-state index contributed by atoms with van der Waals surface area (Å²) in [5.74, 6) is -0.0153. The Balaban J connectivity index is 2.17. The van der Waals surface area contributed by atoms with Crippen LogP contribution in [-0.4, -0.2) is 22.4 Å². The third-order valence-corrected chi connectivity index (χ3v) is 3.18. The van der Waals surface area contributed by atoms with Gasteiger partial charge < -0.3 is 5.11 Å². The summed E-state index contributed by atoms with van der Waals surface area (Å²) in [6.07, 6.45) is 5.61. The average Bonchev–Trinajstić information content (AvgIpc) is 2.40. The van der Waals surface area contributed by atoms with Crippen molar-refractivity contribution in [1.29, 1.82) is 0 Å². The monoisotopic (exact) mass is 248 g/mol. The van der Waals surface area contributed by atoms with Crippen LogP contribution in [0.25, 0.3) is 0 Å². The van der Waals surface area contributed by atoms with Gasteiger partial charge in [-0.1, -0.05) is 48.6 Å². The number of Topliss-reactive ketones (excluding diaryl/α,β-unsaturated/α-hetero) is 1. The number of halogens is 1. The summed E-state index contributed by atoms with van der Waals surface area (Å²) >= 11 is 6.08. The van der Waals surface area contributed by atoms with Crippen molar-refractivity contribution < 1.29 is 9.90 Å². The Bertz CT molecular complexity index is 476. The fraction of sp³-hybridized carbons (Fsp3) is 0.214. The second kappa shape index (κ2) is 4.86. The number of carbonyl (C=O) groups excluding carboxylic acids is 1. The molecule has 2 nitrogen and oxygen atoms in total. The van der Waals surface area contributed by atoms with Crippen LogP contribution in [0, 0.1) is 0 Å². The highest BCUT2D eigenvalue weighted by Gasteiger charge is 2.25. The first-order valence-electron chi connectivity index (χ1n) is 5.43. The third kappa shape index (κ3) is 2.65. The van der Waals surface area contributed by atoms with Crippen LogP contribution in [0.4, 0.5) is 0 Å². The third-order valence-electron chi connectivity index (χ3n) is 2.78. The molecule has 1 aliphatic carbocycles. The van der Waals surface area contributed by atoms with Gasteiger partial charge in [-0.3, -0.25) is 4.79 Å². The molecular formula is C14H13ClO2. The summed E-state index contributed by atoms with van der Waals surface area (Å²) in [4.78, 5) is 11.3. The fourth-order valence-corrected chi connectivity index (χ4v) is 1.84. The predicted molar refractivity (Wildman–Crippen MR) is 68.3 cm³/mol. The lowest BCUT2D eigenvalue weighted by Crippen LogP contribution is -2.25. The summed E-state index contributed by atoms with van der Waals surface area (Å²) in [6, 6.07) is 9.11. The lowest BCUT2D eigenvalue weighted by Gasteiger charge is -2.22. The molecule has 0 spiro atoms. The number of hydrogen-bond donors (Lipinski definition) is 1. The van der Waals surface area contributed by atoms with Crippen molar-refractivity contribution in [3.8, 4) is 0 Å². The molecule has 2 rings (SSSR count). The molecule has 0 heterocycles. The van der Waals surface area contributed by atoms with Gasteiger partial charge >= 0.3 is 0 Å². The summed E-state index contributed by atoms with van der Waals surface area (Å²) in [7, 11) is 0. The maximum atomic E-state index is 12.1. The molecule has 17 heavy (non-hydrogen) atoms. The van der Waals surface area contributed by atoms with E-state index in [1.54, 1.807) is 30.4 Å². The summed E-state index contributed by atoms with van der Waals surface area (Å²) in [6.45, 7) is -0.131. The van der Waals surface area contributed by atoms with Crippen molar-refractivity contribution in [2.75, 3.05) is 6.61 Å². The van der Waals surface area contributed by atoms with Gasteiger partial charge in [-0.15, -0.1) is 11.6 Å². The largest absolute Gasteiger partial charge is 0.394 e. The zero-order valence-corrected chi connectivity index (χ0v) is 10.0. The molecule has 88 valence electrons. The van der Waals surface area contributed by atoms with E-state index in [2.05, 4.69) is 0 Å². The van der Waals surface area contributed by atoms with E-state index < -0.39 is 4.87 Å². The van der Waals surface area contributed by atoms with Crippen LogP contribution in [0.5, 0.6) is 0 Å². The number of alkyl halides is 1. The summed E-state index contributed by atoms with van der Waals surface area (Å²) in [5, 5.41) is 9.09. The van der Waals surface area contributed by atoms with Crippen molar-refractivity contribution in [2.45, 2.75) is 11.3 Å². The number of carbonyl (C=O) groups is 1. The van der Waals surface area contributed by atoms with Gasteiger partial charge in [0.15, 0.2) is 5.78 Å². The van der Waals surface area contributed by atoms with Crippen molar-refractivity contribution in [1.82, 2.24) is 0 Å². The first-order chi connectivity index (χ1) is 8.14. The minimum absolute atomic E-state index is 0.0153. The van der Waals surface area contributed by atoms with Crippen molar-refractivity contribution >= 4 is 17.4 Å². The van der Waals surface area contributed by atoms with E-state index in [1.807, 2.05) is 18.2 Å². The van der Waals surface area contributed by atoms with Crippen LogP contribution < -0.4 is 0 Å². The van der Waals surface area contributed by atoms with Crippen molar-refractivity contribution in [3.05, 3.63) is 59.7 Å². The Morgan fingerprint density at radius 3 is 2.59 bits per heavy atom. The molecule has 0 amide bonds. The lowest BCUT2D eigenvalue weighted by molar-refractivity contribution is 0.103. The van der Waals surface area contributed by atoms with Crippen molar-refractivity contribution in [3.63, 3.8) is 0 Å². The first kappa shape index (κ1) is 12.1. The smallest absolute Gasteiger partial charge is 0.192 e. The van der Waals surface area contributed by atoms with Gasteiger partial charge in [0, 0.05) is 11.1 Å². The minimum Gasteiger partial charge on any atom is -0.394 e. The molecule has 0 aliphatic heterocycles. The molecule has 0 saturated carbocycles. The van der Waals surface area contributed by atoms with Gasteiger partial charge in [0.05, 0.1) is 11.5 Å². The van der Waals surface area contributed by atoms with E-state index in [-0.39, 0.29) is 12.4 Å². The molecule has 0 radical (unpaired) electrons. The highest BCUT2D eigenvalue weighted by molar-refractivity contribution is 6.26. The maximum Gasteiger partial charge on any atom is 0.192 e. The van der Waals surface area contributed by atoms with Crippen LogP contribution in [0.1, 0.15) is 16.8 Å². The molecule has 1 N–H and O–H groups in total. The molecule has 0 aromatic heterocycles. The molecule has 1 aromatic rings. The van der Waals surface area contributed by atoms with E-state index in [1.165, 1.54) is 0 Å². The summed E-state index contributed by atoms with van der Waals surface area (Å²) in [5.41, 5.74) is 1.29. The second-order valence-electron chi connectivity index (χ2n) is 4.08. The number of ketones is 1. The lowest BCUT2D eigenvalue weighted by atomic mass is 9.92. The van der Waals surface area contributed by atoms with Gasteiger partial charge in [0.25, 0.3) is 0 Å². The SMILES string of the molecule is O=C(C1=CCC(Cl)(CO)C=C1)c1ccccc1. The van der Waals surface area contributed by atoms with Gasteiger partial charge in [0.2, 0.25) is 0 Å². The molecule has 0 fully saturated rings. The topological polar surface area (TPSA) is 37.3 Å². The van der Waals surface area contributed by atoms with Gasteiger partial charge in [-0.2, -0.15) is 0 Å². The van der Waals surface area contributed by atoms with E-state index in [0.29, 0.717) is 17.6 Å². The average molecular weight is 249 g/mol. The number of rotatable bonds is 3. The Hall–Kier alpha value is -1.38. The Morgan fingerprint density at radius 2 is 2.06 bits per heavy atom. The van der Waals surface area contributed by atoms with Gasteiger partial charge in [0.1, 0.15) is 0 Å². The van der Waals surface area contributed by atoms with Crippen LogP contribution >= 0.6 is 11.6 Å². The Labute approximate surface area is 105 Å². The van der Waals surface area contributed by atoms with E-state index >= 15 is 0 Å². The number of hydrogen-bond acceptors (Lipinski definition) is 2. The quantitative estimate of drug-likeness (QED) is 0.660. The van der Waals surface area contributed by atoms with Crippen LogP contribution in [-0.2, 0) is 0 Å². The second-order valence-corrected chi connectivity index (χ2v) is 4.84. The van der Waals surface area contributed by atoms with Gasteiger partial charge in [-0.05, 0) is 6.42 Å². The molecule has 1 atom stereocenters. The zero-order valence-electron chi connectivity index (χ0n) is 9.27. The maximum absolute atomic E-state index is 12.1. The molecule has 0 bridgehead atoms. The van der Waals surface area contributed by atoms with E-state index in [0.717, 1.165) is 0 Å². The van der Waals surface area contributed by atoms with Crippen LogP contribution in [0.2, 0.25) is 0 Å². The highest BCUT2D eigenvalue weighted by atomic mass is 35.5. The Kier molecular flexibility index (Phi) is 3.46. The standard InChI is InChI=1S/C14H13ClO2/c15-14(10-16)8-6-12(7-9-14)13(17)11-4-2-1-3-5-11/h1-8,16H,9-10H2. The van der Waals surface area contributed by atoms with Gasteiger partial charge in [-0.25, -0.2) is 0 Å². The molecule has 1 aromatic carbocycles. The normalized spacial score (nSPS) is 23.3. The molecule has 1 unspecified atom stereocenters. The molecule has 3 heteroatoms. The minimum atomic E-state index is -0.750. The summed E-state index contributed by atoms with van der Waals surface area (Å²) < 4.78 is 0. The molecule has 1 aliphatic rings. The number of benzene rings is 1. The van der Waals surface area contributed by atoms with Crippen molar-refractivity contribution in [2.24, 2.45) is 0 Å². The zero-order chi connectivity index (χ0) is 12.3. The fourth-order valence-electron chi connectivity index (χ4n) is 1.70. The predicted octanol–water partition coefficient (Wildman–Crippen LogP) is 2.73. The van der Waals surface area contributed by atoms with E-state index in [4.69, 9.17) is 16.7 Å². The number of aliphatic hydroxyl groups is 1. The Morgan fingerprint density at radius 1 is 1.35 bits per heavy atom. The highest BCUT2D eigenvalue weighted by Crippen LogP contribution is 2.28. The number of aliphatic hydroxyl groups excluding tert-OH is 1. The first-order valence-corrected chi connectivity index (χ1v) is 5.81.